The van der Waals surface area contributed by atoms with E-state index in [-0.39, 0.29) is 5.91 Å². The van der Waals surface area contributed by atoms with Gasteiger partial charge in [0, 0.05) is 60.9 Å². The molecule has 4 heteroatoms. The number of hydrogen-bond acceptors (Lipinski definition) is 2. The highest BCUT2D eigenvalue weighted by Crippen LogP contribution is 2.32. The zero-order valence-electron chi connectivity index (χ0n) is 18.0. The highest BCUT2D eigenvalue weighted by atomic mass is 16.2. The SMILES string of the molecule is CC(C)n1ccc2c(C(=O)N3CCN4C[C@@H](c5ccccc5)CC[C@@H]4C3)cccc21. The Morgan fingerprint density at radius 3 is 2.57 bits per heavy atom. The molecule has 2 fully saturated rings. The second kappa shape index (κ2) is 7.92. The van der Waals surface area contributed by atoms with Gasteiger partial charge in [-0.3, -0.25) is 9.69 Å². The minimum absolute atomic E-state index is 0.187. The van der Waals surface area contributed by atoms with Gasteiger partial charge in [-0.1, -0.05) is 36.4 Å². The molecule has 3 aromatic rings. The molecule has 0 spiro atoms. The Hall–Kier alpha value is -2.59. The van der Waals surface area contributed by atoms with Gasteiger partial charge >= 0.3 is 0 Å². The summed E-state index contributed by atoms with van der Waals surface area (Å²) in [6, 6.07) is 20.0. The number of carbonyl (C=O) groups is 1. The number of aromatic nitrogens is 1. The van der Waals surface area contributed by atoms with Gasteiger partial charge in [0.05, 0.1) is 0 Å². The number of hydrogen-bond donors (Lipinski definition) is 0. The number of piperidine rings is 1. The van der Waals surface area contributed by atoms with Crippen LogP contribution in [0.5, 0.6) is 0 Å². The number of nitrogens with zero attached hydrogens (tertiary/aromatic N) is 3. The lowest BCUT2D eigenvalue weighted by Crippen LogP contribution is -2.57. The maximum absolute atomic E-state index is 13.5. The molecule has 0 radical (unpaired) electrons. The summed E-state index contributed by atoms with van der Waals surface area (Å²) in [6.07, 6.45) is 4.48. The Morgan fingerprint density at radius 1 is 0.933 bits per heavy atom. The van der Waals surface area contributed by atoms with Crippen molar-refractivity contribution in [3.63, 3.8) is 0 Å². The van der Waals surface area contributed by atoms with E-state index in [0.29, 0.717) is 18.0 Å². The van der Waals surface area contributed by atoms with Crippen molar-refractivity contribution < 1.29 is 4.79 Å². The molecule has 0 saturated carbocycles. The summed E-state index contributed by atoms with van der Waals surface area (Å²) in [7, 11) is 0. The smallest absolute Gasteiger partial charge is 0.254 e. The first-order valence-corrected chi connectivity index (χ1v) is 11.3. The fourth-order valence-corrected chi connectivity index (χ4v) is 5.35. The third kappa shape index (κ3) is 3.43. The van der Waals surface area contributed by atoms with Crippen LogP contribution in [0.25, 0.3) is 10.9 Å². The Labute approximate surface area is 179 Å². The average Bonchev–Trinajstić information content (AvgIpc) is 3.23. The Morgan fingerprint density at radius 2 is 1.77 bits per heavy atom. The third-order valence-corrected chi connectivity index (χ3v) is 7.02. The average molecular weight is 402 g/mol. The summed E-state index contributed by atoms with van der Waals surface area (Å²) < 4.78 is 2.24. The van der Waals surface area contributed by atoms with Crippen molar-refractivity contribution in [2.75, 3.05) is 26.2 Å². The zero-order valence-corrected chi connectivity index (χ0v) is 18.0. The first kappa shape index (κ1) is 19.4. The van der Waals surface area contributed by atoms with Gasteiger partial charge in [0.15, 0.2) is 0 Å². The quantitative estimate of drug-likeness (QED) is 0.623. The molecule has 30 heavy (non-hydrogen) atoms. The van der Waals surface area contributed by atoms with E-state index >= 15 is 0 Å². The van der Waals surface area contributed by atoms with Crippen LogP contribution < -0.4 is 0 Å². The molecule has 0 N–H and O–H groups in total. The van der Waals surface area contributed by atoms with Crippen LogP contribution in [0.3, 0.4) is 0 Å². The van der Waals surface area contributed by atoms with Gasteiger partial charge in [-0.05, 0) is 56.4 Å². The van der Waals surface area contributed by atoms with Crippen LogP contribution in [-0.2, 0) is 0 Å². The van der Waals surface area contributed by atoms with Gasteiger partial charge in [-0.2, -0.15) is 0 Å². The number of piperazine rings is 1. The van der Waals surface area contributed by atoms with Gasteiger partial charge in [-0.25, -0.2) is 0 Å². The largest absolute Gasteiger partial charge is 0.345 e. The van der Waals surface area contributed by atoms with Crippen LogP contribution >= 0.6 is 0 Å². The number of rotatable bonds is 3. The monoisotopic (exact) mass is 401 g/mol. The molecule has 2 aliphatic heterocycles. The van der Waals surface area contributed by atoms with Crippen molar-refractivity contribution in [3.05, 3.63) is 71.9 Å². The summed E-state index contributed by atoms with van der Waals surface area (Å²) in [5, 5.41) is 1.08. The summed E-state index contributed by atoms with van der Waals surface area (Å²) in [6.45, 7) is 8.11. The fraction of sp³-hybridized carbons (Fsp3) is 0.423. The zero-order chi connectivity index (χ0) is 20.7. The van der Waals surface area contributed by atoms with Crippen molar-refractivity contribution in [2.45, 2.75) is 44.7 Å². The number of fused-ring (bicyclic) bond motifs is 2. The lowest BCUT2D eigenvalue weighted by molar-refractivity contribution is 0.0330. The number of benzene rings is 2. The first-order chi connectivity index (χ1) is 14.6. The Balaban J connectivity index is 1.31. The molecular formula is C26H31N3O. The topological polar surface area (TPSA) is 28.5 Å². The lowest BCUT2D eigenvalue weighted by Gasteiger charge is -2.46. The molecule has 2 aliphatic rings. The van der Waals surface area contributed by atoms with Crippen LogP contribution in [0.4, 0.5) is 0 Å². The molecule has 0 aliphatic carbocycles. The maximum atomic E-state index is 13.5. The molecule has 0 unspecified atom stereocenters. The summed E-state index contributed by atoms with van der Waals surface area (Å²) in [4.78, 5) is 18.2. The lowest BCUT2D eigenvalue weighted by atomic mass is 9.86. The van der Waals surface area contributed by atoms with E-state index in [1.54, 1.807) is 0 Å². The minimum atomic E-state index is 0.187. The molecule has 2 aromatic carbocycles. The third-order valence-electron chi connectivity index (χ3n) is 7.02. The van der Waals surface area contributed by atoms with Gasteiger partial charge in [0.1, 0.15) is 0 Å². The summed E-state index contributed by atoms with van der Waals surface area (Å²) in [5.74, 6) is 0.807. The van der Waals surface area contributed by atoms with Crippen LogP contribution in [-0.4, -0.2) is 52.5 Å². The Kier molecular flexibility index (Phi) is 5.11. The van der Waals surface area contributed by atoms with Crippen molar-refractivity contribution in [3.8, 4) is 0 Å². The van der Waals surface area contributed by atoms with Gasteiger partial charge in [-0.15, -0.1) is 0 Å². The number of amides is 1. The second-order valence-electron chi connectivity index (χ2n) is 9.14. The molecule has 2 saturated heterocycles. The van der Waals surface area contributed by atoms with Crippen LogP contribution in [0, 0.1) is 0 Å². The van der Waals surface area contributed by atoms with Crippen LogP contribution in [0.1, 0.15) is 54.6 Å². The number of carbonyl (C=O) groups excluding carboxylic acids is 1. The molecule has 2 atom stereocenters. The highest BCUT2D eigenvalue weighted by molar-refractivity contribution is 6.06. The first-order valence-electron chi connectivity index (χ1n) is 11.3. The molecule has 3 heterocycles. The van der Waals surface area contributed by atoms with E-state index in [0.717, 1.165) is 49.1 Å². The molecule has 5 rings (SSSR count). The molecule has 4 nitrogen and oxygen atoms in total. The van der Waals surface area contributed by atoms with Gasteiger partial charge in [0.25, 0.3) is 5.91 Å². The van der Waals surface area contributed by atoms with E-state index in [9.17, 15) is 4.79 Å². The van der Waals surface area contributed by atoms with E-state index in [2.05, 4.69) is 76.9 Å². The van der Waals surface area contributed by atoms with Crippen molar-refractivity contribution in [1.29, 1.82) is 0 Å². The summed E-state index contributed by atoms with van der Waals surface area (Å²) >= 11 is 0. The van der Waals surface area contributed by atoms with Crippen molar-refractivity contribution >= 4 is 16.8 Å². The fourth-order valence-electron chi connectivity index (χ4n) is 5.35. The molecule has 156 valence electrons. The van der Waals surface area contributed by atoms with E-state index in [1.165, 1.54) is 12.0 Å². The standard InChI is InChI=1S/C26H31N3O/c1-19(2)29-14-13-23-24(9-6-10-25(23)29)26(30)28-16-15-27-17-21(11-12-22(27)18-28)20-7-4-3-5-8-20/h3-10,13-14,19,21-22H,11-12,15-18H2,1-2H3/t21-,22+/m0/s1. The van der Waals surface area contributed by atoms with Gasteiger partial charge in [0.2, 0.25) is 0 Å². The molecule has 1 aromatic heterocycles. The molecule has 1 amide bonds. The minimum Gasteiger partial charge on any atom is -0.345 e. The predicted octanol–water partition coefficient (Wildman–Crippen LogP) is 4.93. The van der Waals surface area contributed by atoms with Crippen molar-refractivity contribution in [1.82, 2.24) is 14.4 Å². The summed E-state index contributed by atoms with van der Waals surface area (Å²) in [5.41, 5.74) is 3.45. The molecule has 0 bridgehead atoms. The highest BCUT2D eigenvalue weighted by Gasteiger charge is 2.35. The van der Waals surface area contributed by atoms with E-state index < -0.39 is 0 Å². The van der Waals surface area contributed by atoms with Gasteiger partial charge < -0.3 is 9.47 Å². The van der Waals surface area contributed by atoms with E-state index in [1.807, 2.05) is 12.1 Å². The molecular weight excluding hydrogens is 370 g/mol. The van der Waals surface area contributed by atoms with Crippen LogP contribution in [0.15, 0.2) is 60.8 Å². The maximum Gasteiger partial charge on any atom is 0.254 e. The predicted molar refractivity (Wildman–Crippen MR) is 122 cm³/mol. The second-order valence-corrected chi connectivity index (χ2v) is 9.14. The Bertz CT molecular complexity index is 1040. The van der Waals surface area contributed by atoms with Crippen LogP contribution in [0.2, 0.25) is 0 Å². The van der Waals surface area contributed by atoms with E-state index in [4.69, 9.17) is 0 Å². The normalized spacial score (nSPS) is 22.4. The van der Waals surface area contributed by atoms with Crippen molar-refractivity contribution in [2.24, 2.45) is 0 Å².